The third kappa shape index (κ3) is 1.62. The molecule has 5 heteroatoms. The summed E-state index contributed by atoms with van der Waals surface area (Å²) in [5.74, 6) is 0. The van der Waals surface area contributed by atoms with E-state index in [0.29, 0.717) is 22.5 Å². The number of hydrogen-bond donors (Lipinski definition) is 0. The van der Waals surface area contributed by atoms with Gasteiger partial charge in [0.25, 0.3) is 5.56 Å². The largest absolute Gasteiger partial charge is 0.283 e. The van der Waals surface area contributed by atoms with Crippen LogP contribution in [-0.2, 0) is 6.54 Å². The van der Waals surface area contributed by atoms with Crippen LogP contribution in [0.15, 0.2) is 23.0 Å². The molecule has 15 heavy (non-hydrogen) atoms. The number of para-hydroxylation sites is 1. The second kappa shape index (κ2) is 3.83. The molecule has 0 amide bonds. The van der Waals surface area contributed by atoms with Gasteiger partial charge in [-0.3, -0.25) is 9.36 Å². The number of fused-ring (bicyclic) bond motifs is 1. The van der Waals surface area contributed by atoms with E-state index >= 15 is 0 Å². The van der Waals surface area contributed by atoms with Crippen molar-refractivity contribution in [3.63, 3.8) is 0 Å². The fourth-order valence-corrected chi connectivity index (χ4v) is 1.96. The number of benzene rings is 1. The number of rotatable bonds is 1. The highest BCUT2D eigenvalue weighted by Crippen LogP contribution is 2.20. The highest BCUT2D eigenvalue weighted by Gasteiger charge is 2.09. The fourth-order valence-electron chi connectivity index (χ4n) is 1.46. The smallest absolute Gasteiger partial charge is 0.262 e. The lowest BCUT2D eigenvalue weighted by Crippen LogP contribution is -2.21. The molecule has 1 heterocycles. The van der Waals surface area contributed by atoms with Gasteiger partial charge in [-0.25, -0.2) is 4.98 Å². The summed E-state index contributed by atoms with van der Waals surface area (Å²) < 4.78 is 1.40. The number of halogens is 2. The summed E-state index contributed by atoms with van der Waals surface area (Å²) in [4.78, 5) is 16.0. The second-order valence-electron chi connectivity index (χ2n) is 3.07. The third-order valence-electron chi connectivity index (χ3n) is 2.21. The van der Waals surface area contributed by atoms with Crippen LogP contribution in [0.5, 0.6) is 0 Å². The van der Waals surface area contributed by atoms with Gasteiger partial charge < -0.3 is 0 Å². The minimum atomic E-state index is -0.157. The van der Waals surface area contributed by atoms with E-state index in [-0.39, 0.29) is 10.8 Å². The van der Waals surface area contributed by atoms with Crippen LogP contribution in [0, 0.1) is 0 Å². The first-order valence-electron chi connectivity index (χ1n) is 4.49. The van der Waals surface area contributed by atoms with Crippen LogP contribution in [-0.4, -0.2) is 9.55 Å². The van der Waals surface area contributed by atoms with Crippen LogP contribution >= 0.6 is 23.2 Å². The predicted octanol–water partition coefficient (Wildman–Crippen LogP) is 2.72. The minimum Gasteiger partial charge on any atom is -0.283 e. The summed E-state index contributed by atoms with van der Waals surface area (Å²) in [7, 11) is 0. The SMILES string of the molecule is CCn1c(Cl)nc2c(Cl)cccc2c1=O. The van der Waals surface area contributed by atoms with Crippen LogP contribution in [0.2, 0.25) is 10.3 Å². The molecule has 0 unspecified atom stereocenters. The van der Waals surface area contributed by atoms with Crippen molar-refractivity contribution in [3.8, 4) is 0 Å². The van der Waals surface area contributed by atoms with Gasteiger partial charge in [-0.05, 0) is 30.7 Å². The van der Waals surface area contributed by atoms with Crippen molar-refractivity contribution < 1.29 is 0 Å². The van der Waals surface area contributed by atoms with Crippen molar-refractivity contribution in [2.45, 2.75) is 13.5 Å². The zero-order chi connectivity index (χ0) is 11.0. The first kappa shape index (κ1) is 10.5. The Morgan fingerprint density at radius 1 is 1.40 bits per heavy atom. The van der Waals surface area contributed by atoms with Gasteiger partial charge in [-0.15, -0.1) is 0 Å². The summed E-state index contributed by atoms with van der Waals surface area (Å²) >= 11 is 11.8. The van der Waals surface area contributed by atoms with Crippen molar-refractivity contribution in [2.24, 2.45) is 0 Å². The topological polar surface area (TPSA) is 34.9 Å². The Hall–Kier alpha value is -1.06. The first-order chi connectivity index (χ1) is 7.15. The minimum absolute atomic E-state index is 0.157. The average Bonchev–Trinajstić information content (AvgIpc) is 2.20. The van der Waals surface area contributed by atoms with E-state index < -0.39 is 0 Å². The van der Waals surface area contributed by atoms with E-state index in [0.717, 1.165) is 0 Å². The van der Waals surface area contributed by atoms with E-state index in [9.17, 15) is 4.79 Å². The summed E-state index contributed by atoms with van der Waals surface area (Å²) in [5, 5.41) is 1.10. The van der Waals surface area contributed by atoms with E-state index in [1.807, 2.05) is 6.92 Å². The van der Waals surface area contributed by atoms with Crippen molar-refractivity contribution in [1.29, 1.82) is 0 Å². The molecule has 1 aromatic heterocycles. The molecule has 0 saturated carbocycles. The van der Waals surface area contributed by atoms with Crippen LogP contribution in [0.3, 0.4) is 0 Å². The Kier molecular flexibility index (Phi) is 2.67. The molecule has 2 rings (SSSR count). The number of hydrogen-bond acceptors (Lipinski definition) is 2. The van der Waals surface area contributed by atoms with E-state index in [4.69, 9.17) is 23.2 Å². The van der Waals surface area contributed by atoms with Gasteiger partial charge in [0.15, 0.2) is 0 Å². The number of aromatic nitrogens is 2. The maximum absolute atomic E-state index is 11.9. The lowest BCUT2D eigenvalue weighted by atomic mass is 10.2. The van der Waals surface area contributed by atoms with Crippen molar-refractivity contribution in [2.75, 3.05) is 0 Å². The lowest BCUT2D eigenvalue weighted by molar-refractivity contribution is 0.719. The molecule has 0 saturated heterocycles. The van der Waals surface area contributed by atoms with Crippen molar-refractivity contribution in [3.05, 3.63) is 38.9 Å². The van der Waals surface area contributed by atoms with Crippen LogP contribution in [0.4, 0.5) is 0 Å². The molecule has 0 radical (unpaired) electrons. The summed E-state index contributed by atoms with van der Waals surface area (Å²) in [6.45, 7) is 2.33. The van der Waals surface area contributed by atoms with E-state index in [1.165, 1.54) is 4.57 Å². The van der Waals surface area contributed by atoms with Gasteiger partial charge in [0.1, 0.15) is 0 Å². The number of nitrogens with zero attached hydrogens (tertiary/aromatic N) is 2. The van der Waals surface area contributed by atoms with Crippen LogP contribution in [0.1, 0.15) is 6.92 Å². The summed E-state index contributed by atoms with van der Waals surface area (Å²) in [6, 6.07) is 5.10. The Morgan fingerprint density at radius 2 is 2.13 bits per heavy atom. The quantitative estimate of drug-likeness (QED) is 0.722. The highest BCUT2D eigenvalue weighted by molar-refractivity contribution is 6.35. The fraction of sp³-hybridized carbons (Fsp3) is 0.200. The van der Waals surface area contributed by atoms with Gasteiger partial charge in [0.05, 0.1) is 15.9 Å². The molecule has 0 bridgehead atoms. The van der Waals surface area contributed by atoms with Crippen molar-refractivity contribution in [1.82, 2.24) is 9.55 Å². The standard InChI is InChI=1S/C10H8Cl2N2O/c1-2-14-9(15)6-4-3-5-7(11)8(6)13-10(14)12/h3-5H,2H2,1H3. The molecule has 0 atom stereocenters. The Bertz CT molecular complexity index is 577. The Balaban J connectivity index is 2.98. The van der Waals surface area contributed by atoms with E-state index in [2.05, 4.69) is 4.98 Å². The predicted molar refractivity (Wildman–Crippen MR) is 61.7 cm³/mol. The molecule has 2 aromatic rings. The molecule has 1 aromatic carbocycles. The molecular weight excluding hydrogens is 235 g/mol. The molecule has 78 valence electrons. The van der Waals surface area contributed by atoms with Crippen LogP contribution in [0.25, 0.3) is 10.9 Å². The zero-order valence-electron chi connectivity index (χ0n) is 8.00. The van der Waals surface area contributed by atoms with E-state index in [1.54, 1.807) is 18.2 Å². The molecule has 3 nitrogen and oxygen atoms in total. The monoisotopic (exact) mass is 242 g/mol. The van der Waals surface area contributed by atoms with Crippen molar-refractivity contribution >= 4 is 34.1 Å². The Labute approximate surface area is 96.3 Å². The maximum atomic E-state index is 11.9. The summed E-state index contributed by atoms with van der Waals surface area (Å²) in [6.07, 6.45) is 0. The van der Waals surface area contributed by atoms with Gasteiger partial charge in [-0.1, -0.05) is 17.7 Å². The second-order valence-corrected chi connectivity index (χ2v) is 3.81. The molecule has 0 aliphatic heterocycles. The third-order valence-corrected chi connectivity index (χ3v) is 2.80. The normalized spacial score (nSPS) is 10.9. The lowest BCUT2D eigenvalue weighted by Gasteiger charge is -2.06. The summed E-state index contributed by atoms with van der Waals surface area (Å²) in [5.41, 5.74) is 0.300. The molecular formula is C10H8Cl2N2O. The van der Waals surface area contributed by atoms with Crippen LogP contribution < -0.4 is 5.56 Å². The molecule has 0 spiro atoms. The maximum Gasteiger partial charge on any atom is 0.262 e. The zero-order valence-corrected chi connectivity index (χ0v) is 9.51. The molecule has 0 N–H and O–H groups in total. The van der Waals surface area contributed by atoms with Gasteiger partial charge >= 0.3 is 0 Å². The highest BCUT2D eigenvalue weighted by atomic mass is 35.5. The molecule has 0 aliphatic carbocycles. The van der Waals surface area contributed by atoms with Gasteiger partial charge in [-0.2, -0.15) is 0 Å². The molecule has 0 fully saturated rings. The van der Waals surface area contributed by atoms with Gasteiger partial charge in [0, 0.05) is 6.54 Å². The molecule has 0 aliphatic rings. The van der Waals surface area contributed by atoms with Gasteiger partial charge in [0.2, 0.25) is 5.28 Å². The Morgan fingerprint density at radius 3 is 2.80 bits per heavy atom. The average molecular weight is 243 g/mol. The first-order valence-corrected chi connectivity index (χ1v) is 5.25.